The van der Waals surface area contributed by atoms with Crippen LogP contribution in [0.1, 0.15) is 17.2 Å². The third kappa shape index (κ3) is 2.47. The van der Waals surface area contributed by atoms with Crippen molar-refractivity contribution in [1.82, 2.24) is 14.9 Å². The van der Waals surface area contributed by atoms with Gasteiger partial charge < -0.3 is 19.7 Å². The van der Waals surface area contributed by atoms with E-state index in [9.17, 15) is 5.11 Å². The van der Waals surface area contributed by atoms with Gasteiger partial charge in [-0.1, -0.05) is 18.2 Å². The maximum Gasteiger partial charge on any atom is 0.147 e. The van der Waals surface area contributed by atoms with Crippen LogP contribution in [0.25, 0.3) is 0 Å². The van der Waals surface area contributed by atoms with Crippen molar-refractivity contribution in [2.45, 2.75) is 26.3 Å². The van der Waals surface area contributed by atoms with E-state index in [-0.39, 0.29) is 6.61 Å². The zero-order valence-electron chi connectivity index (χ0n) is 10.7. The third-order valence-corrected chi connectivity index (χ3v) is 3.30. The van der Waals surface area contributed by atoms with Crippen molar-refractivity contribution < 1.29 is 9.84 Å². The molecule has 1 aliphatic heterocycles. The topological polar surface area (TPSA) is 59.3 Å². The largest absolute Gasteiger partial charge is 0.486 e. The van der Waals surface area contributed by atoms with Gasteiger partial charge >= 0.3 is 0 Å². The smallest absolute Gasteiger partial charge is 0.147 e. The van der Waals surface area contributed by atoms with Crippen molar-refractivity contribution in [3.63, 3.8) is 0 Å². The number of aromatic nitrogens is 2. The second-order valence-corrected chi connectivity index (χ2v) is 4.51. The molecule has 0 bridgehead atoms. The highest BCUT2D eigenvalue weighted by molar-refractivity contribution is 5.22. The Morgan fingerprint density at radius 2 is 2.16 bits per heavy atom. The van der Waals surface area contributed by atoms with Crippen LogP contribution in [0, 0.1) is 0 Å². The number of hydrogen-bond donors (Lipinski definition) is 2. The van der Waals surface area contributed by atoms with E-state index in [1.165, 1.54) is 0 Å². The lowest BCUT2D eigenvalue weighted by Crippen LogP contribution is -2.29. The first kappa shape index (κ1) is 12.2. The number of nitrogens with zero attached hydrogens (tertiary/aromatic N) is 2. The number of imidazole rings is 1. The highest BCUT2D eigenvalue weighted by atomic mass is 16.5. The molecule has 2 heterocycles. The fourth-order valence-corrected chi connectivity index (χ4v) is 2.35. The molecule has 0 saturated heterocycles. The number of aliphatic hydroxyl groups is 1. The van der Waals surface area contributed by atoms with Crippen LogP contribution >= 0.6 is 0 Å². The van der Waals surface area contributed by atoms with Gasteiger partial charge in [0.2, 0.25) is 0 Å². The number of fused-ring (bicyclic) bond motifs is 1. The number of hydrogen-bond acceptors (Lipinski definition) is 4. The molecular formula is C14H17N3O2. The molecule has 0 amide bonds. The van der Waals surface area contributed by atoms with Crippen molar-refractivity contribution in [3.8, 4) is 5.75 Å². The molecule has 2 aromatic rings. The second kappa shape index (κ2) is 5.42. The molecule has 100 valence electrons. The first-order valence-electron chi connectivity index (χ1n) is 6.45. The van der Waals surface area contributed by atoms with Gasteiger partial charge in [-0.3, -0.25) is 0 Å². The fraction of sp³-hybridized carbons (Fsp3) is 0.357. The molecule has 5 heteroatoms. The Kier molecular flexibility index (Phi) is 3.48. The second-order valence-electron chi connectivity index (χ2n) is 4.51. The van der Waals surface area contributed by atoms with E-state index in [4.69, 9.17) is 4.74 Å². The summed E-state index contributed by atoms with van der Waals surface area (Å²) in [5.74, 6) is 1.71. The minimum absolute atomic E-state index is 0.0254. The number of para-hydroxylation sites is 1. The molecule has 1 aliphatic rings. The summed E-state index contributed by atoms with van der Waals surface area (Å²) < 4.78 is 7.87. The minimum Gasteiger partial charge on any atom is -0.486 e. The molecule has 1 aromatic heterocycles. The Bertz CT molecular complexity index is 551. The summed E-state index contributed by atoms with van der Waals surface area (Å²) in [6, 6.07) is 9.70. The van der Waals surface area contributed by atoms with Crippen LogP contribution < -0.4 is 10.1 Å². The van der Waals surface area contributed by atoms with Crippen molar-refractivity contribution in [2.75, 3.05) is 6.54 Å². The Morgan fingerprint density at radius 3 is 2.95 bits per heavy atom. The van der Waals surface area contributed by atoms with Crippen LogP contribution in [0.4, 0.5) is 0 Å². The monoisotopic (exact) mass is 259 g/mol. The lowest BCUT2D eigenvalue weighted by molar-refractivity contribution is 0.273. The van der Waals surface area contributed by atoms with Gasteiger partial charge in [-0.25, -0.2) is 4.98 Å². The summed E-state index contributed by atoms with van der Waals surface area (Å²) >= 11 is 0. The van der Waals surface area contributed by atoms with E-state index in [2.05, 4.69) is 14.9 Å². The third-order valence-electron chi connectivity index (χ3n) is 3.30. The highest BCUT2D eigenvalue weighted by Crippen LogP contribution is 2.17. The molecular weight excluding hydrogens is 242 g/mol. The summed E-state index contributed by atoms with van der Waals surface area (Å²) in [4.78, 5) is 4.47. The van der Waals surface area contributed by atoms with Crippen molar-refractivity contribution in [1.29, 1.82) is 0 Å². The molecule has 0 unspecified atom stereocenters. The summed E-state index contributed by atoms with van der Waals surface area (Å²) in [6.07, 6.45) is 0. The maximum absolute atomic E-state index is 9.35. The van der Waals surface area contributed by atoms with E-state index in [0.717, 1.165) is 42.6 Å². The average molecular weight is 259 g/mol. The van der Waals surface area contributed by atoms with Gasteiger partial charge in [0.05, 0.1) is 18.0 Å². The van der Waals surface area contributed by atoms with Crippen LogP contribution in [0.2, 0.25) is 0 Å². The molecule has 0 saturated carbocycles. The van der Waals surface area contributed by atoms with E-state index >= 15 is 0 Å². The zero-order chi connectivity index (χ0) is 13.1. The maximum atomic E-state index is 9.35. The Morgan fingerprint density at radius 1 is 1.32 bits per heavy atom. The zero-order valence-corrected chi connectivity index (χ0v) is 10.7. The van der Waals surface area contributed by atoms with E-state index in [1.54, 1.807) is 0 Å². The highest BCUT2D eigenvalue weighted by Gasteiger charge is 2.19. The molecule has 19 heavy (non-hydrogen) atoms. The molecule has 0 aliphatic carbocycles. The van der Waals surface area contributed by atoms with Crippen LogP contribution in [0.15, 0.2) is 30.3 Å². The first-order valence-corrected chi connectivity index (χ1v) is 6.45. The SMILES string of the molecule is OCc1nc(COc2ccccc2)n2c1CNCC2. The molecule has 3 rings (SSSR count). The number of nitrogens with one attached hydrogen (secondary N) is 1. The molecule has 5 nitrogen and oxygen atoms in total. The molecule has 0 spiro atoms. The normalized spacial score (nSPS) is 14.2. The average Bonchev–Trinajstić information content (AvgIpc) is 2.84. The Balaban J connectivity index is 1.79. The Labute approximate surface area is 111 Å². The summed E-state index contributed by atoms with van der Waals surface area (Å²) in [7, 11) is 0. The van der Waals surface area contributed by atoms with Gasteiger partial charge in [0, 0.05) is 19.6 Å². The lowest BCUT2D eigenvalue weighted by Gasteiger charge is -2.18. The number of ether oxygens (including phenoxy) is 1. The molecule has 0 radical (unpaired) electrons. The van der Waals surface area contributed by atoms with Crippen molar-refractivity contribution in [2.24, 2.45) is 0 Å². The number of rotatable bonds is 4. The predicted molar refractivity (Wildman–Crippen MR) is 70.6 cm³/mol. The van der Waals surface area contributed by atoms with Gasteiger partial charge in [-0.15, -0.1) is 0 Å². The van der Waals surface area contributed by atoms with Crippen LogP contribution in [0.3, 0.4) is 0 Å². The minimum atomic E-state index is -0.0254. The Hall–Kier alpha value is -1.85. The summed E-state index contributed by atoms with van der Waals surface area (Å²) in [5, 5.41) is 12.6. The van der Waals surface area contributed by atoms with Gasteiger partial charge in [0.15, 0.2) is 0 Å². The van der Waals surface area contributed by atoms with Crippen LogP contribution in [0.5, 0.6) is 5.75 Å². The van der Waals surface area contributed by atoms with Crippen LogP contribution in [-0.4, -0.2) is 21.2 Å². The lowest BCUT2D eigenvalue weighted by atomic mass is 10.3. The molecule has 0 fully saturated rings. The van der Waals surface area contributed by atoms with E-state index in [0.29, 0.717) is 6.61 Å². The van der Waals surface area contributed by atoms with E-state index < -0.39 is 0 Å². The quantitative estimate of drug-likeness (QED) is 0.862. The molecule has 2 N–H and O–H groups in total. The standard InChI is InChI=1S/C14H17N3O2/c18-9-12-13-8-15-6-7-17(13)14(16-12)10-19-11-4-2-1-3-5-11/h1-5,15,18H,6-10H2. The van der Waals surface area contributed by atoms with Gasteiger partial charge in [0.25, 0.3) is 0 Å². The van der Waals surface area contributed by atoms with E-state index in [1.807, 2.05) is 30.3 Å². The number of aliphatic hydroxyl groups excluding tert-OH is 1. The van der Waals surface area contributed by atoms with Crippen molar-refractivity contribution in [3.05, 3.63) is 47.5 Å². The summed E-state index contributed by atoms with van der Waals surface area (Å²) in [6.45, 7) is 2.95. The summed E-state index contributed by atoms with van der Waals surface area (Å²) in [5.41, 5.74) is 1.82. The first-order chi connectivity index (χ1) is 9.38. The molecule has 0 atom stereocenters. The van der Waals surface area contributed by atoms with Gasteiger partial charge in [-0.2, -0.15) is 0 Å². The molecule has 1 aromatic carbocycles. The number of benzene rings is 1. The van der Waals surface area contributed by atoms with Gasteiger partial charge in [0.1, 0.15) is 18.2 Å². The van der Waals surface area contributed by atoms with Crippen molar-refractivity contribution >= 4 is 0 Å². The van der Waals surface area contributed by atoms with Gasteiger partial charge in [-0.05, 0) is 12.1 Å². The van der Waals surface area contributed by atoms with Crippen LogP contribution in [-0.2, 0) is 26.3 Å². The predicted octanol–water partition coefficient (Wildman–Crippen LogP) is 1.06. The fourth-order valence-electron chi connectivity index (χ4n) is 2.35.